The van der Waals surface area contributed by atoms with Crippen molar-refractivity contribution in [3.05, 3.63) is 16.0 Å². The van der Waals surface area contributed by atoms with E-state index >= 15 is 0 Å². The molecule has 0 fully saturated rings. The third-order valence-electron chi connectivity index (χ3n) is 3.72. The minimum Gasteiger partial charge on any atom is -0.462 e. The van der Waals surface area contributed by atoms with Crippen molar-refractivity contribution < 1.29 is 14.3 Å². The van der Waals surface area contributed by atoms with Crippen LogP contribution in [-0.4, -0.2) is 38.0 Å². The lowest BCUT2D eigenvalue weighted by Gasteiger charge is -2.11. The molecule has 128 valence electrons. The molecule has 0 bridgehead atoms. The van der Waals surface area contributed by atoms with Crippen LogP contribution >= 0.6 is 23.6 Å². The molecule has 1 aromatic rings. The first-order valence-electron chi connectivity index (χ1n) is 8.02. The van der Waals surface area contributed by atoms with Crippen molar-refractivity contribution in [3.63, 3.8) is 0 Å². The topological polar surface area (TPSA) is 59.6 Å². The van der Waals surface area contributed by atoms with Crippen LogP contribution in [0.4, 0.5) is 5.00 Å². The SMILES string of the molecule is CCOC(=O)c1c(NC(=S)NCCOC)sc2c1CCCCC2. The van der Waals surface area contributed by atoms with Gasteiger partial charge in [-0.1, -0.05) is 6.42 Å². The van der Waals surface area contributed by atoms with E-state index < -0.39 is 0 Å². The van der Waals surface area contributed by atoms with E-state index in [9.17, 15) is 4.79 Å². The number of rotatable bonds is 6. The van der Waals surface area contributed by atoms with E-state index in [2.05, 4.69) is 10.6 Å². The maximum absolute atomic E-state index is 12.4. The Morgan fingerprint density at radius 2 is 2.09 bits per heavy atom. The van der Waals surface area contributed by atoms with Crippen molar-refractivity contribution in [3.8, 4) is 0 Å². The van der Waals surface area contributed by atoms with Gasteiger partial charge in [-0.05, 0) is 50.4 Å². The van der Waals surface area contributed by atoms with Crippen LogP contribution in [0.1, 0.15) is 47.0 Å². The number of hydrogen-bond donors (Lipinski definition) is 2. The number of fused-ring (bicyclic) bond motifs is 1. The first-order chi connectivity index (χ1) is 11.2. The zero-order chi connectivity index (χ0) is 16.7. The van der Waals surface area contributed by atoms with Crippen molar-refractivity contribution in [2.24, 2.45) is 0 Å². The van der Waals surface area contributed by atoms with Crippen LogP contribution in [0.3, 0.4) is 0 Å². The normalized spacial score (nSPS) is 13.8. The number of methoxy groups -OCH3 is 1. The Labute approximate surface area is 146 Å². The van der Waals surface area contributed by atoms with Gasteiger partial charge in [0.2, 0.25) is 0 Å². The summed E-state index contributed by atoms with van der Waals surface area (Å²) in [6.45, 7) is 3.40. The number of thiocarbonyl (C=S) groups is 1. The first-order valence-corrected chi connectivity index (χ1v) is 9.25. The Hall–Kier alpha value is -1.18. The quantitative estimate of drug-likeness (QED) is 0.353. The summed E-state index contributed by atoms with van der Waals surface area (Å²) < 4.78 is 10.3. The fourth-order valence-electron chi connectivity index (χ4n) is 2.66. The summed E-state index contributed by atoms with van der Waals surface area (Å²) >= 11 is 6.93. The van der Waals surface area contributed by atoms with Crippen molar-refractivity contribution >= 4 is 39.6 Å². The Morgan fingerprint density at radius 3 is 2.83 bits per heavy atom. The molecule has 0 atom stereocenters. The number of carbonyl (C=O) groups excluding carboxylic acids is 1. The Bertz CT molecular complexity index is 558. The second-order valence-corrected chi connectivity index (χ2v) is 6.88. The average molecular weight is 357 g/mol. The van der Waals surface area contributed by atoms with Crippen LogP contribution in [0.15, 0.2) is 0 Å². The smallest absolute Gasteiger partial charge is 0.341 e. The number of carbonyl (C=O) groups is 1. The largest absolute Gasteiger partial charge is 0.462 e. The fourth-order valence-corrected chi connectivity index (χ4v) is 4.21. The molecule has 7 heteroatoms. The number of anilines is 1. The molecule has 1 aliphatic carbocycles. The molecular formula is C16H24N2O3S2. The lowest BCUT2D eigenvalue weighted by atomic mass is 10.1. The highest BCUT2D eigenvalue weighted by Crippen LogP contribution is 2.37. The second kappa shape index (κ2) is 9.20. The third-order valence-corrected chi connectivity index (χ3v) is 5.17. The maximum atomic E-state index is 12.4. The van der Waals surface area contributed by atoms with Crippen LogP contribution in [-0.2, 0) is 22.3 Å². The number of esters is 1. The third kappa shape index (κ3) is 4.89. The van der Waals surface area contributed by atoms with E-state index in [1.807, 2.05) is 6.92 Å². The molecule has 0 spiro atoms. The minimum atomic E-state index is -0.255. The Kier molecular flexibility index (Phi) is 7.26. The van der Waals surface area contributed by atoms with Gasteiger partial charge < -0.3 is 20.1 Å². The van der Waals surface area contributed by atoms with E-state index in [-0.39, 0.29) is 5.97 Å². The highest BCUT2D eigenvalue weighted by Gasteiger charge is 2.26. The fraction of sp³-hybridized carbons (Fsp3) is 0.625. The highest BCUT2D eigenvalue weighted by atomic mass is 32.1. The molecule has 0 unspecified atom stereocenters. The van der Waals surface area contributed by atoms with Gasteiger partial charge in [0.1, 0.15) is 5.00 Å². The minimum absolute atomic E-state index is 0.255. The van der Waals surface area contributed by atoms with Crippen molar-refractivity contribution in [1.82, 2.24) is 5.32 Å². The summed E-state index contributed by atoms with van der Waals surface area (Å²) in [4.78, 5) is 13.7. The molecule has 1 aliphatic rings. The van der Waals surface area contributed by atoms with E-state index in [0.717, 1.165) is 29.8 Å². The van der Waals surface area contributed by atoms with Gasteiger partial charge in [0, 0.05) is 18.5 Å². The molecule has 1 heterocycles. The van der Waals surface area contributed by atoms with Gasteiger partial charge in [0.25, 0.3) is 0 Å². The summed E-state index contributed by atoms with van der Waals surface area (Å²) in [5.41, 5.74) is 1.82. The summed E-state index contributed by atoms with van der Waals surface area (Å²) in [7, 11) is 1.65. The zero-order valence-electron chi connectivity index (χ0n) is 13.7. The molecule has 0 saturated heterocycles. The van der Waals surface area contributed by atoms with Gasteiger partial charge in [-0.2, -0.15) is 0 Å². The molecule has 0 saturated carbocycles. The average Bonchev–Trinajstić information content (AvgIpc) is 2.69. The Balaban J connectivity index is 2.20. The monoisotopic (exact) mass is 356 g/mol. The van der Waals surface area contributed by atoms with Crippen LogP contribution < -0.4 is 10.6 Å². The van der Waals surface area contributed by atoms with E-state index in [4.69, 9.17) is 21.7 Å². The zero-order valence-corrected chi connectivity index (χ0v) is 15.3. The Morgan fingerprint density at radius 1 is 1.30 bits per heavy atom. The number of thiophene rings is 1. The van der Waals surface area contributed by atoms with E-state index in [1.54, 1.807) is 18.4 Å². The molecule has 0 amide bonds. The standard InChI is InChI=1S/C16H24N2O3S2/c1-3-21-15(19)13-11-7-5-4-6-8-12(11)23-14(13)18-16(22)17-9-10-20-2/h3-10H2,1-2H3,(H2,17,18,22). The molecule has 0 aliphatic heterocycles. The summed E-state index contributed by atoms with van der Waals surface area (Å²) in [6, 6.07) is 0. The van der Waals surface area contributed by atoms with Gasteiger partial charge in [-0.3, -0.25) is 0 Å². The molecule has 2 rings (SSSR count). The summed E-state index contributed by atoms with van der Waals surface area (Å²) in [5, 5.41) is 7.54. The van der Waals surface area contributed by atoms with Crippen LogP contribution in [0, 0.1) is 0 Å². The molecule has 0 radical (unpaired) electrons. The van der Waals surface area contributed by atoms with Gasteiger partial charge in [0.05, 0.1) is 18.8 Å². The van der Waals surface area contributed by atoms with Crippen LogP contribution in [0.25, 0.3) is 0 Å². The molecule has 23 heavy (non-hydrogen) atoms. The maximum Gasteiger partial charge on any atom is 0.341 e. The van der Waals surface area contributed by atoms with Crippen LogP contribution in [0.2, 0.25) is 0 Å². The highest BCUT2D eigenvalue weighted by molar-refractivity contribution is 7.80. The van der Waals surface area contributed by atoms with Crippen molar-refractivity contribution in [1.29, 1.82) is 0 Å². The van der Waals surface area contributed by atoms with E-state index in [1.165, 1.54) is 17.7 Å². The van der Waals surface area contributed by atoms with Crippen molar-refractivity contribution in [2.75, 3.05) is 32.2 Å². The van der Waals surface area contributed by atoms with Gasteiger partial charge in [-0.15, -0.1) is 11.3 Å². The first kappa shape index (κ1) is 18.2. The predicted octanol–water partition coefficient (Wildman–Crippen LogP) is 3.13. The molecular weight excluding hydrogens is 332 g/mol. The van der Waals surface area contributed by atoms with Gasteiger partial charge in [-0.25, -0.2) is 4.79 Å². The number of hydrogen-bond acceptors (Lipinski definition) is 5. The van der Waals surface area contributed by atoms with E-state index in [0.29, 0.717) is 30.4 Å². The molecule has 1 aromatic heterocycles. The lowest BCUT2D eigenvalue weighted by molar-refractivity contribution is 0.0527. The van der Waals surface area contributed by atoms with Crippen molar-refractivity contribution in [2.45, 2.75) is 39.0 Å². The van der Waals surface area contributed by atoms with Gasteiger partial charge >= 0.3 is 5.97 Å². The molecule has 5 nitrogen and oxygen atoms in total. The number of aryl methyl sites for hydroxylation is 1. The van der Waals surface area contributed by atoms with Gasteiger partial charge in [0.15, 0.2) is 5.11 Å². The summed E-state index contributed by atoms with van der Waals surface area (Å²) in [5.74, 6) is -0.255. The number of nitrogens with one attached hydrogen (secondary N) is 2. The number of ether oxygens (including phenoxy) is 2. The second-order valence-electron chi connectivity index (χ2n) is 5.36. The lowest BCUT2D eigenvalue weighted by Crippen LogP contribution is -2.31. The summed E-state index contributed by atoms with van der Waals surface area (Å²) in [6.07, 6.45) is 5.46. The molecule has 0 aromatic carbocycles. The molecule has 2 N–H and O–H groups in total. The predicted molar refractivity (Wildman–Crippen MR) is 97.6 cm³/mol. The van der Waals surface area contributed by atoms with Crippen LogP contribution in [0.5, 0.6) is 0 Å².